The van der Waals surface area contributed by atoms with Crippen LogP contribution in [0.3, 0.4) is 0 Å². The number of hydrogen-bond acceptors (Lipinski definition) is 3. The summed E-state index contributed by atoms with van der Waals surface area (Å²) >= 11 is 4.86. The van der Waals surface area contributed by atoms with Gasteiger partial charge in [0.05, 0.1) is 10.9 Å². The molecule has 0 saturated carbocycles. The van der Waals surface area contributed by atoms with E-state index in [1.54, 1.807) is 24.0 Å². The van der Waals surface area contributed by atoms with Crippen LogP contribution in [-0.2, 0) is 4.79 Å². The number of carbonyl (C=O) groups excluding carboxylic acids is 1. The fraction of sp³-hybridized carbons (Fsp3) is 0.429. The summed E-state index contributed by atoms with van der Waals surface area (Å²) in [6.45, 7) is 4.44. The van der Waals surface area contributed by atoms with Gasteiger partial charge in [-0.2, -0.15) is 0 Å². The Morgan fingerprint density at radius 2 is 1.80 bits per heavy atom. The lowest BCUT2D eigenvalue weighted by molar-refractivity contribution is -0.133. The lowest BCUT2D eigenvalue weighted by Gasteiger charge is -2.37. The summed E-state index contributed by atoms with van der Waals surface area (Å²) in [5.41, 5.74) is 6.49. The smallest absolute Gasteiger partial charge is 0.232 e. The summed E-state index contributed by atoms with van der Waals surface area (Å²) in [7, 11) is 0. The van der Waals surface area contributed by atoms with Crippen molar-refractivity contribution in [2.45, 2.75) is 6.92 Å². The molecule has 1 unspecified atom stereocenters. The predicted molar refractivity (Wildman–Crippen MR) is 81.1 cm³/mol. The molecule has 1 aliphatic rings. The second-order valence-electron chi connectivity index (χ2n) is 4.91. The molecule has 0 spiro atoms. The topological polar surface area (TPSA) is 49.6 Å². The van der Waals surface area contributed by atoms with Crippen LogP contribution in [0.5, 0.6) is 0 Å². The lowest BCUT2D eigenvalue weighted by atomic mass is 10.1. The molecule has 1 atom stereocenters. The number of piperazine rings is 1. The zero-order valence-electron chi connectivity index (χ0n) is 11.4. The number of anilines is 1. The van der Waals surface area contributed by atoms with Crippen LogP contribution in [0.15, 0.2) is 24.3 Å². The molecule has 0 bridgehead atoms. The first-order chi connectivity index (χ1) is 9.49. The van der Waals surface area contributed by atoms with Crippen LogP contribution in [0.4, 0.5) is 10.1 Å². The van der Waals surface area contributed by atoms with Gasteiger partial charge in [0.2, 0.25) is 5.91 Å². The van der Waals surface area contributed by atoms with Gasteiger partial charge in [0, 0.05) is 31.9 Å². The molecule has 1 fully saturated rings. The normalized spacial score (nSPS) is 16.9. The van der Waals surface area contributed by atoms with Crippen molar-refractivity contribution in [1.29, 1.82) is 0 Å². The van der Waals surface area contributed by atoms with Crippen molar-refractivity contribution in [2.24, 2.45) is 11.7 Å². The minimum atomic E-state index is -0.414. The molecule has 0 aromatic heterocycles. The van der Waals surface area contributed by atoms with E-state index in [2.05, 4.69) is 4.90 Å². The van der Waals surface area contributed by atoms with E-state index in [-0.39, 0.29) is 16.7 Å². The summed E-state index contributed by atoms with van der Waals surface area (Å²) in [4.78, 5) is 16.3. The van der Waals surface area contributed by atoms with Crippen molar-refractivity contribution < 1.29 is 9.18 Å². The number of amides is 1. The van der Waals surface area contributed by atoms with Crippen molar-refractivity contribution in [1.82, 2.24) is 4.90 Å². The molecule has 4 nitrogen and oxygen atoms in total. The average molecular weight is 295 g/mol. The van der Waals surface area contributed by atoms with Crippen LogP contribution >= 0.6 is 12.2 Å². The van der Waals surface area contributed by atoms with Crippen LogP contribution in [0, 0.1) is 11.7 Å². The van der Waals surface area contributed by atoms with E-state index in [0.29, 0.717) is 13.1 Å². The van der Waals surface area contributed by atoms with Gasteiger partial charge in [0.15, 0.2) is 0 Å². The summed E-state index contributed by atoms with van der Waals surface area (Å²) in [6, 6.07) is 6.40. The number of halogens is 1. The third-order valence-electron chi connectivity index (χ3n) is 3.58. The second kappa shape index (κ2) is 6.17. The molecule has 0 radical (unpaired) electrons. The molecule has 1 heterocycles. The Labute approximate surface area is 123 Å². The molecule has 20 heavy (non-hydrogen) atoms. The number of thiocarbonyl (C=S) groups is 1. The molecule has 6 heteroatoms. The Morgan fingerprint density at radius 3 is 2.30 bits per heavy atom. The first-order valence-corrected chi connectivity index (χ1v) is 6.98. The van der Waals surface area contributed by atoms with Crippen molar-refractivity contribution in [3.63, 3.8) is 0 Å². The summed E-state index contributed by atoms with van der Waals surface area (Å²) in [6.07, 6.45) is 0. The zero-order valence-corrected chi connectivity index (χ0v) is 12.2. The molecular formula is C14H18FN3OS. The maximum absolute atomic E-state index is 12.9. The van der Waals surface area contributed by atoms with E-state index in [1.165, 1.54) is 12.1 Å². The number of nitrogens with two attached hydrogens (primary N) is 1. The molecule has 2 N–H and O–H groups in total. The monoisotopic (exact) mass is 295 g/mol. The van der Waals surface area contributed by atoms with Gasteiger partial charge in [-0.3, -0.25) is 4.79 Å². The minimum Gasteiger partial charge on any atom is -0.393 e. The number of nitrogens with zero attached hydrogens (tertiary/aromatic N) is 2. The zero-order chi connectivity index (χ0) is 14.7. The molecular weight excluding hydrogens is 277 g/mol. The van der Waals surface area contributed by atoms with Crippen LogP contribution in [-0.4, -0.2) is 42.0 Å². The van der Waals surface area contributed by atoms with E-state index in [1.807, 2.05) is 0 Å². The van der Waals surface area contributed by atoms with E-state index in [9.17, 15) is 9.18 Å². The number of rotatable bonds is 3. The van der Waals surface area contributed by atoms with Gasteiger partial charge >= 0.3 is 0 Å². The van der Waals surface area contributed by atoms with Crippen molar-refractivity contribution >= 4 is 28.8 Å². The molecule has 0 aliphatic carbocycles. The first-order valence-electron chi connectivity index (χ1n) is 6.57. The largest absolute Gasteiger partial charge is 0.393 e. The van der Waals surface area contributed by atoms with Gasteiger partial charge in [-0.1, -0.05) is 12.2 Å². The molecule has 1 saturated heterocycles. The fourth-order valence-electron chi connectivity index (χ4n) is 2.23. The summed E-state index contributed by atoms with van der Waals surface area (Å²) in [5, 5.41) is 0. The molecule has 1 aliphatic heterocycles. The third-order valence-corrected chi connectivity index (χ3v) is 3.93. The minimum absolute atomic E-state index is 0.0174. The third kappa shape index (κ3) is 3.25. The van der Waals surface area contributed by atoms with Gasteiger partial charge < -0.3 is 15.5 Å². The average Bonchev–Trinajstić information content (AvgIpc) is 2.46. The van der Waals surface area contributed by atoms with Gasteiger partial charge in [0.1, 0.15) is 5.82 Å². The lowest BCUT2D eigenvalue weighted by Crippen LogP contribution is -2.51. The summed E-state index contributed by atoms with van der Waals surface area (Å²) < 4.78 is 12.9. The van der Waals surface area contributed by atoms with Crippen LogP contribution < -0.4 is 10.6 Å². The Hall–Kier alpha value is -1.69. The fourth-order valence-corrected chi connectivity index (χ4v) is 2.33. The summed E-state index contributed by atoms with van der Waals surface area (Å²) in [5.74, 6) is -0.675. The highest BCUT2D eigenvalue weighted by Gasteiger charge is 2.26. The van der Waals surface area contributed by atoms with E-state index >= 15 is 0 Å². The highest BCUT2D eigenvalue weighted by atomic mass is 32.1. The molecule has 108 valence electrons. The Kier molecular flexibility index (Phi) is 4.54. The van der Waals surface area contributed by atoms with Gasteiger partial charge in [-0.05, 0) is 31.2 Å². The Balaban J connectivity index is 1.94. The van der Waals surface area contributed by atoms with Gasteiger partial charge in [-0.25, -0.2) is 4.39 Å². The SMILES string of the molecule is CC(C(=O)N1CCN(c2ccc(F)cc2)CC1)C(N)=S. The van der Waals surface area contributed by atoms with E-state index in [4.69, 9.17) is 18.0 Å². The second-order valence-corrected chi connectivity index (χ2v) is 5.38. The molecule has 1 amide bonds. The van der Waals surface area contributed by atoms with Crippen LogP contribution in [0.2, 0.25) is 0 Å². The maximum Gasteiger partial charge on any atom is 0.232 e. The van der Waals surface area contributed by atoms with Crippen molar-refractivity contribution in [3.05, 3.63) is 30.1 Å². The predicted octanol–water partition coefficient (Wildman–Crippen LogP) is 1.40. The standard InChI is InChI=1S/C14H18FN3OS/c1-10(13(16)20)14(19)18-8-6-17(7-9-18)12-4-2-11(15)3-5-12/h2-5,10H,6-9H2,1H3,(H2,16,20). The first kappa shape index (κ1) is 14.7. The van der Waals surface area contributed by atoms with E-state index < -0.39 is 5.92 Å². The highest BCUT2D eigenvalue weighted by Crippen LogP contribution is 2.17. The highest BCUT2D eigenvalue weighted by molar-refractivity contribution is 7.80. The Morgan fingerprint density at radius 1 is 1.25 bits per heavy atom. The molecule has 1 aromatic rings. The molecule has 1 aromatic carbocycles. The molecule has 2 rings (SSSR count). The van der Waals surface area contributed by atoms with Crippen LogP contribution in [0.1, 0.15) is 6.92 Å². The van der Waals surface area contributed by atoms with Crippen molar-refractivity contribution in [3.8, 4) is 0 Å². The van der Waals surface area contributed by atoms with Crippen molar-refractivity contribution in [2.75, 3.05) is 31.1 Å². The quantitative estimate of drug-likeness (QED) is 0.856. The van der Waals surface area contributed by atoms with E-state index in [0.717, 1.165) is 18.8 Å². The number of benzene rings is 1. The number of hydrogen-bond donors (Lipinski definition) is 1. The van der Waals surface area contributed by atoms with Crippen LogP contribution in [0.25, 0.3) is 0 Å². The van der Waals surface area contributed by atoms with Gasteiger partial charge in [-0.15, -0.1) is 0 Å². The van der Waals surface area contributed by atoms with Gasteiger partial charge in [0.25, 0.3) is 0 Å². The number of carbonyl (C=O) groups is 1. The maximum atomic E-state index is 12.9. The Bertz CT molecular complexity index is 498.